The van der Waals surface area contributed by atoms with Gasteiger partial charge in [0.1, 0.15) is 0 Å². The second-order valence-electron chi connectivity index (χ2n) is 2.78. The second kappa shape index (κ2) is 22.1. The fourth-order valence-corrected chi connectivity index (χ4v) is 0. The molecule has 0 atom stereocenters. The molecule has 8 nitrogen and oxygen atoms in total. The molecule has 0 radical (unpaired) electrons. The van der Waals surface area contributed by atoms with Crippen LogP contribution in [0, 0.1) is 0 Å². The molecule has 0 aliphatic rings. The summed E-state index contributed by atoms with van der Waals surface area (Å²) in [5.41, 5.74) is 0. The zero-order valence-electron chi connectivity index (χ0n) is 13.3. The highest BCUT2D eigenvalue weighted by Gasteiger charge is 1.77. The lowest BCUT2D eigenvalue weighted by Crippen LogP contribution is -1.88. The van der Waals surface area contributed by atoms with Gasteiger partial charge in [0, 0.05) is 27.7 Å². The third kappa shape index (κ3) is 102. The van der Waals surface area contributed by atoms with E-state index in [0.717, 1.165) is 0 Å². The zero-order chi connectivity index (χ0) is 17.1. The van der Waals surface area contributed by atoms with Crippen LogP contribution in [0.3, 0.4) is 0 Å². The first-order chi connectivity index (χ1) is 9.08. The lowest BCUT2D eigenvalue weighted by atomic mass is 10.8. The number of hydrogen-bond donors (Lipinski definition) is 0. The van der Waals surface area contributed by atoms with Gasteiger partial charge in [0.15, 0.2) is 0 Å². The van der Waals surface area contributed by atoms with Crippen LogP contribution in [0.5, 0.6) is 0 Å². The summed E-state index contributed by atoms with van der Waals surface area (Å²) in [7, 11) is 5.40. The van der Waals surface area contributed by atoms with E-state index in [4.69, 9.17) is 0 Å². The topological polar surface area (TPSA) is 105 Å². The fraction of sp³-hybridized carbons (Fsp3) is 0.667. The smallest absolute Gasteiger partial charge is 0.302 e. The van der Waals surface area contributed by atoms with Crippen LogP contribution >= 0.6 is 0 Å². The predicted molar refractivity (Wildman–Crippen MR) is 70.8 cm³/mol. The third-order valence-electron chi connectivity index (χ3n) is 1.15. The van der Waals surface area contributed by atoms with Crippen molar-refractivity contribution in [2.45, 2.75) is 27.7 Å². The maximum absolute atomic E-state index is 9.59. The number of ether oxygens (including phenoxy) is 4. The Balaban J connectivity index is -0.0000000853. The highest BCUT2D eigenvalue weighted by molar-refractivity contribution is 5.66. The fourth-order valence-electron chi connectivity index (χ4n) is 0. The molecule has 0 spiro atoms. The molecule has 0 amide bonds. The van der Waals surface area contributed by atoms with Gasteiger partial charge in [0.25, 0.3) is 0 Å². The molecule has 8 heteroatoms. The van der Waals surface area contributed by atoms with E-state index in [-0.39, 0.29) is 23.9 Å². The van der Waals surface area contributed by atoms with Crippen molar-refractivity contribution in [2.75, 3.05) is 28.4 Å². The van der Waals surface area contributed by atoms with Gasteiger partial charge in [-0.1, -0.05) is 0 Å². The summed E-state index contributed by atoms with van der Waals surface area (Å²) in [6.07, 6.45) is 0. The van der Waals surface area contributed by atoms with Gasteiger partial charge in [-0.3, -0.25) is 19.2 Å². The Hall–Kier alpha value is -2.12. The molecular formula is C12H24O8. The van der Waals surface area contributed by atoms with Crippen molar-refractivity contribution >= 4 is 23.9 Å². The summed E-state index contributed by atoms with van der Waals surface area (Å²) in [6.45, 7) is 5.44. The van der Waals surface area contributed by atoms with Gasteiger partial charge >= 0.3 is 23.9 Å². The maximum atomic E-state index is 9.59. The minimum Gasteiger partial charge on any atom is -0.469 e. The first-order valence-electron chi connectivity index (χ1n) is 5.27. The Kier molecular flexibility index (Phi) is 29.2. The first kappa shape index (κ1) is 26.4. The number of carbonyl (C=O) groups excluding carboxylic acids is 4. The van der Waals surface area contributed by atoms with Crippen LogP contribution in [-0.4, -0.2) is 52.3 Å². The second-order valence-corrected chi connectivity index (χ2v) is 2.78. The van der Waals surface area contributed by atoms with Crippen molar-refractivity contribution in [1.29, 1.82) is 0 Å². The predicted octanol–water partition coefficient (Wildman–Crippen LogP) is 0.717. The van der Waals surface area contributed by atoms with E-state index in [2.05, 4.69) is 18.9 Å². The van der Waals surface area contributed by atoms with Gasteiger partial charge in [0.05, 0.1) is 28.4 Å². The standard InChI is InChI=1S/4C3H6O2/c4*1-3(4)5-2/h4*1-2H3. The van der Waals surface area contributed by atoms with E-state index in [0.29, 0.717) is 0 Å². The highest BCUT2D eigenvalue weighted by atomic mass is 16.5. The van der Waals surface area contributed by atoms with E-state index in [9.17, 15) is 19.2 Å². The Morgan fingerprint density at radius 2 is 0.500 bits per heavy atom. The van der Waals surface area contributed by atoms with Crippen LogP contribution in [0.2, 0.25) is 0 Å². The minimum atomic E-state index is -0.245. The SMILES string of the molecule is COC(C)=O.COC(C)=O.COC(C)=O.COC(C)=O. The Morgan fingerprint density at radius 3 is 0.500 bits per heavy atom. The van der Waals surface area contributed by atoms with Gasteiger partial charge < -0.3 is 18.9 Å². The van der Waals surface area contributed by atoms with Crippen molar-refractivity contribution in [1.82, 2.24) is 0 Å². The normalized spacial score (nSPS) is 6.80. The molecule has 0 unspecified atom stereocenters. The van der Waals surface area contributed by atoms with Crippen molar-refractivity contribution in [3.63, 3.8) is 0 Å². The molecule has 0 bridgehead atoms. The van der Waals surface area contributed by atoms with Crippen LogP contribution in [0.4, 0.5) is 0 Å². The quantitative estimate of drug-likeness (QED) is 0.475. The van der Waals surface area contributed by atoms with Crippen LogP contribution in [0.25, 0.3) is 0 Å². The molecule has 0 aromatic heterocycles. The number of rotatable bonds is 0. The average molecular weight is 296 g/mol. The maximum Gasteiger partial charge on any atom is 0.302 e. The largest absolute Gasteiger partial charge is 0.469 e. The monoisotopic (exact) mass is 296 g/mol. The van der Waals surface area contributed by atoms with Gasteiger partial charge in [-0.25, -0.2) is 0 Å². The van der Waals surface area contributed by atoms with Gasteiger partial charge in [-0.2, -0.15) is 0 Å². The lowest BCUT2D eigenvalue weighted by Gasteiger charge is -1.80. The molecule has 0 fully saturated rings. The highest BCUT2D eigenvalue weighted by Crippen LogP contribution is 1.61. The van der Waals surface area contributed by atoms with E-state index in [1.54, 1.807) is 0 Å². The summed E-state index contributed by atoms with van der Waals surface area (Å²) in [5, 5.41) is 0. The molecule has 20 heavy (non-hydrogen) atoms. The zero-order valence-corrected chi connectivity index (χ0v) is 13.3. The molecule has 120 valence electrons. The lowest BCUT2D eigenvalue weighted by molar-refractivity contribution is -0.138. The van der Waals surface area contributed by atoms with Gasteiger partial charge in [0.2, 0.25) is 0 Å². The molecule has 0 aromatic rings. The summed E-state index contributed by atoms with van der Waals surface area (Å²) < 4.78 is 16.4. The molecular weight excluding hydrogens is 272 g/mol. The number of methoxy groups -OCH3 is 4. The molecule has 0 aliphatic carbocycles. The van der Waals surface area contributed by atoms with E-state index < -0.39 is 0 Å². The van der Waals surface area contributed by atoms with Crippen molar-refractivity contribution in [2.24, 2.45) is 0 Å². The third-order valence-corrected chi connectivity index (χ3v) is 1.15. The van der Waals surface area contributed by atoms with Gasteiger partial charge in [-0.15, -0.1) is 0 Å². The van der Waals surface area contributed by atoms with Crippen molar-refractivity contribution in [3.8, 4) is 0 Å². The molecule has 0 N–H and O–H groups in total. The van der Waals surface area contributed by atoms with Crippen molar-refractivity contribution in [3.05, 3.63) is 0 Å². The van der Waals surface area contributed by atoms with Crippen LogP contribution < -0.4 is 0 Å². The summed E-state index contributed by atoms with van der Waals surface area (Å²) in [6, 6.07) is 0. The molecule has 0 rings (SSSR count). The van der Waals surface area contributed by atoms with Gasteiger partial charge in [-0.05, 0) is 0 Å². The summed E-state index contributed by atoms with van der Waals surface area (Å²) >= 11 is 0. The Labute approximate surface area is 119 Å². The molecule has 0 aliphatic heterocycles. The van der Waals surface area contributed by atoms with E-state index >= 15 is 0 Å². The average Bonchev–Trinajstić information content (AvgIpc) is 2.40. The molecule has 0 saturated heterocycles. The van der Waals surface area contributed by atoms with Crippen molar-refractivity contribution < 1.29 is 38.1 Å². The summed E-state index contributed by atoms with van der Waals surface area (Å²) in [5.74, 6) is -0.981. The summed E-state index contributed by atoms with van der Waals surface area (Å²) in [4.78, 5) is 38.4. The van der Waals surface area contributed by atoms with Crippen LogP contribution in [-0.2, 0) is 38.1 Å². The Bertz CT molecular complexity index is 217. The number of carbonyl (C=O) groups is 4. The Morgan fingerprint density at radius 1 is 0.450 bits per heavy atom. The van der Waals surface area contributed by atoms with Crippen LogP contribution in [0.1, 0.15) is 27.7 Å². The number of hydrogen-bond acceptors (Lipinski definition) is 8. The number of esters is 4. The molecule has 0 aromatic carbocycles. The first-order valence-corrected chi connectivity index (χ1v) is 5.27. The minimum absolute atomic E-state index is 0.245. The molecule has 0 saturated carbocycles. The van der Waals surface area contributed by atoms with E-state index in [1.807, 2.05) is 0 Å². The van der Waals surface area contributed by atoms with E-state index in [1.165, 1.54) is 56.1 Å². The van der Waals surface area contributed by atoms with Crippen LogP contribution in [0.15, 0.2) is 0 Å². The molecule has 0 heterocycles.